The van der Waals surface area contributed by atoms with Crippen molar-refractivity contribution in [3.63, 3.8) is 0 Å². The summed E-state index contributed by atoms with van der Waals surface area (Å²) in [6.45, 7) is 5.69. The standard InChI is InChI=1S/C15H19NO4/c1-10(2)7-8-20-14-9-12(15(18)19-4)5-6-13(14)16-11(3)17/h5-7,9H,8H2,1-4H3,(H,16,17). The number of esters is 1. The first-order valence-corrected chi connectivity index (χ1v) is 6.20. The molecule has 20 heavy (non-hydrogen) atoms. The number of carbonyl (C=O) groups is 2. The molecule has 5 heteroatoms. The van der Waals surface area contributed by atoms with Crippen LogP contribution in [0.4, 0.5) is 5.69 Å². The number of nitrogens with one attached hydrogen (secondary N) is 1. The van der Waals surface area contributed by atoms with E-state index in [9.17, 15) is 9.59 Å². The van der Waals surface area contributed by atoms with Gasteiger partial charge in [-0.2, -0.15) is 0 Å². The summed E-state index contributed by atoms with van der Waals surface area (Å²) in [5.74, 6) is -0.227. The Hall–Kier alpha value is -2.30. The molecule has 1 N–H and O–H groups in total. The maximum absolute atomic E-state index is 11.5. The number of amides is 1. The lowest BCUT2D eigenvalue weighted by Crippen LogP contribution is -2.09. The number of carbonyl (C=O) groups excluding carboxylic acids is 2. The van der Waals surface area contributed by atoms with Crippen LogP contribution in [0.25, 0.3) is 0 Å². The Morgan fingerprint density at radius 2 is 1.95 bits per heavy atom. The molecular formula is C15H19NO4. The Balaban J connectivity index is 3.02. The number of rotatable bonds is 5. The van der Waals surface area contributed by atoms with Crippen molar-refractivity contribution in [2.24, 2.45) is 0 Å². The Labute approximate surface area is 118 Å². The van der Waals surface area contributed by atoms with Crippen LogP contribution in [-0.4, -0.2) is 25.6 Å². The van der Waals surface area contributed by atoms with Crippen LogP contribution >= 0.6 is 0 Å². The molecule has 1 aromatic carbocycles. The van der Waals surface area contributed by atoms with Gasteiger partial charge in [0.25, 0.3) is 0 Å². The fourth-order valence-electron chi connectivity index (χ4n) is 1.48. The lowest BCUT2D eigenvalue weighted by Gasteiger charge is -2.12. The molecule has 0 aliphatic carbocycles. The molecule has 0 atom stereocenters. The largest absolute Gasteiger partial charge is 0.487 e. The summed E-state index contributed by atoms with van der Waals surface area (Å²) in [6.07, 6.45) is 1.91. The van der Waals surface area contributed by atoms with Crippen LogP contribution in [-0.2, 0) is 9.53 Å². The van der Waals surface area contributed by atoms with E-state index >= 15 is 0 Å². The minimum absolute atomic E-state index is 0.206. The lowest BCUT2D eigenvalue weighted by atomic mass is 10.2. The van der Waals surface area contributed by atoms with Gasteiger partial charge >= 0.3 is 5.97 Å². The summed E-state index contributed by atoms with van der Waals surface area (Å²) >= 11 is 0. The number of ether oxygens (including phenoxy) is 2. The number of methoxy groups -OCH3 is 1. The molecule has 0 fully saturated rings. The Morgan fingerprint density at radius 1 is 1.25 bits per heavy atom. The quantitative estimate of drug-likeness (QED) is 0.664. The van der Waals surface area contributed by atoms with Gasteiger partial charge in [0.15, 0.2) is 0 Å². The monoisotopic (exact) mass is 277 g/mol. The van der Waals surface area contributed by atoms with Crippen LogP contribution in [0.3, 0.4) is 0 Å². The van der Waals surface area contributed by atoms with E-state index in [2.05, 4.69) is 10.1 Å². The van der Waals surface area contributed by atoms with Gasteiger partial charge in [0, 0.05) is 6.92 Å². The minimum atomic E-state index is -0.452. The van der Waals surface area contributed by atoms with Gasteiger partial charge in [-0.1, -0.05) is 5.57 Å². The molecule has 0 unspecified atom stereocenters. The predicted molar refractivity (Wildman–Crippen MR) is 77.0 cm³/mol. The van der Waals surface area contributed by atoms with E-state index in [1.165, 1.54) is 14.0 Å². The predicted octanol–water partition coefficient (Wildman–Crippen LogP) is 2.78. The molecule has 0 aliphatic heterocycles. The molecule has 0 heterocycles. The van der Waals surface area contributed by atoms with Crippen molar-refractivity contribution in [1.29, 1.82) is 0 Å². The second-order valence-corrected chi connectivity index (χ2v) is 4.48. The first kappa shape index (κ1) is 15.8. The molecule has 0 aliphatic rings. The first-order chi connectivity index (χ1) is 9.43. The molecule has 0 aromatic heterocycles. The van der Waals surface area contributed by atoms with Crippen molar-refractivity contribution in [1.82, 2.24) is 0 Å². The van der Waals surface area contributed by atoms with E-state index in [4.69, 9.17) is 4.74 Å². The third kappa shape index (κ3) is 4.76. The maximum atomic E-state index is 11.5. The summed E-state index contributed by atoms with van der Waals surface area (Å²) in [5.41, 5.74) is 2.01. The average molecular weight is 277 g/mol. The maximum Gasteiger partial charge on any atom is 0.337 e. The number of hydrogen-bond acceptors (Lipinski definition) is 4. The number of hydrogen-bond donors (Lipinski definition) is 1. The summed E-state index contributed by atoms with van der Waals surface area (Å²) in [5, 5.41) is 2.66. The molecule has 0 spiro atoms. The fraction of sp³-hybridized carbons (Fsp3) is 0.333. The lowest BCUT2D eigenvalue weighted by molar-refractivity contribution is -0.114. The number of allylic oxidation sites excluding steroid dienone is 1. The van der Waals surface area contributed by atoms with Gasteiger partial charge in [0.1, 0.15) is 12.4 Å². The first-order valence-electron chi connectivity index (χ1n) is 6.20. The van der Waals surface area contributed by atoms with E-state index in [-0.39, 0.29) is 5.91 Å². The van der Waals surface area contributed by atoms with Gasteiger partial charge in [-0.15, -0.1) is 0 Å². The summed E-state index contributed by atoms with van der Waals surface area (Å²) < 4.78 is 10.2. The highest BCUT2D eigenvalue weighted by atomic mass is 16.5. The molecule has 1 aromatic rings. The van der Waals surface area contributed by atoms with Crippen LogP contribution in [0.1, 0.15) is 31.1 Å². The zero-order chi connectivity index (χ0) is 15.1. The topological polar surface area (TPSA) is 64.6 Å². The third-order valence-corrected chi connectivity index (χ3v) is 2.44. The molecule has 0 saturated heterocycles. The molecule has 5 nitrogen and oxygen atoms in total. The van der Waals surface area contributed by atoms with E-state index < -0.39 is 5.97 Å². The van der Waals surface area contributed by atoms with Crippen LogP contribution in [0.2, 0.25) is 0 Å². The molecule has 108 valence electrons. The van der Waals surface area contributed by atoms with Crippen molar-refractivity contribution in [2.45, 2.75) is 20.8 Å². The molecule has 1 amide bonds. The van der Waals surface area contributed by atoms with Crippen LogP contribution in [0, 0.1) is 0 Å². The van der Waals surface area contributed by atoms with Gasteiger partial charge in [-0.25, -0.2) is 4.79 Å². The number of benzene rings is 1. The Morgan fingerprint density at radius 3 is 2.50 bits per heavy atom. The van der Waals surface area contributed by atoms with Crippen molar-refractivity contribution in [3.05, 3.63) is 35.4 Å². The molecule has 0 saturated carbocycles. The van der Waals surface area contributed by atoms with Crippen molar-refractivity contribution < 1.29 is 19.1 Å². The normalized spacial score (nSPS) is 9.60. The summed E-state index contributed by atoms with van der Waals surface area (Å²) in [4.78, 5) is 22.7. The summed E-state index contributed by atoms with van der Waals surface area (Å²) in [6, 6.07) is 4.74. The fourth-order valence-corrected chi connectivity index (χ4v) is 1.48. The third-order valence-electron chi connectivity index (χ3n) is 2.44. The molecule has 1 rings (SSSR count). The van der Waals surface area contributed by atoms with E-state index in [0.717, 1.165) is 5.57 Å². The van der Waals surface area contributed by atoms with E-state index in [0.29, 0.717) is 23.6 Å². The van der Waals surface area contributed by atoms with Gasteiger partial charge in [0.05, 0.1) is 18.4 Å². The van der Waals surface area contributed by atoms with E-state index in [1.807, 2.05) is 19.9 Å². The summed E-state index contributed by atoms with van der Waals surface area (Å²) in [7, 11) is 1.31. The molecule has 0 bridgehead atoms. The highest BCUT2D eigenvalue weighted by Crippen LogP contribution is 2.26. The van der Waals surface area contributed by atoms with Gasteiger partial charge in [0.2, 0.25) is 5.91 Å². The van der Waals surface area contributed by atoms with Crippen LogP contribution in [0.5, 0.6) is 5.75 Å². The minimum Gasteiger partial charge on any atom is -0.487 e. The van der Waals surface area contributed by atoms with Crippen molar-refractivity contribution in [3.8, 4) is 5.75 Å². The van der Waals surface area contributed by atoms with Crippen LogP contribution in [0.15, 0.2) is 29.8 Å². The highest BCUT2D eigenvalue weighted by molar-refractivity contribution is 5.94. The van der Waals surface area contributed by atoms with Gasteiger partial charge < -0.3 is 14.8 Å². The van der Waals surface area contributed by atoms with Crippen LogP contribution < -0.4 is 10.1 Å². The number of anilines is 1. The smallest absolute Gasteiger partial charge is 0.337 e. The Bertz CT molecular complexity index is 531. The van der Waals surface area contributed by atoms with Crippen molar-refractivity contribution >= 4 is 17.6 Å². The van der Waals surface area contributed by atoms with Gasteiger partial charge in [-0.3, -0.25) is 4.79 Å². The highest BCUT2D eigenvalue weighted by Gasteiger charge is 2.11. The average Bonchev–Trinajstić information content (AvgIpc) is 2.38. The second-order valence-electron chi connectivity index (χ2n) is 4.48. The molecule has 0 radical (unpaired) electrons. The van der Waals surface area contributed by atoms with Gasteiger partial charge in [-0.05, 0) is 38.1 Å². The zero-order valence-corrected chi connectivity index (χ0v) is 12.1. The van der Waals surface area contributed by atoms with E-state index in [1.54, 1.807) is 18.2 Å². The Kier molecular flexibility index (Phi) is 5.77. The second kappa shape index (κ2) is 7.33. The van der Waals surface area contributed by atoms with Crippen molar-refractivity contribution in [2.75, 3.05) is 19.0 Å². The zero-order valence-electron chi connectivity index (χ0n) is 12.1. The SMILES string of the molecule is COC(=O)c1ccc(NC(C)=O)c(OCC=C(C)C)c1. The molecular weight excluding hydrogens is 258 g/mol.